The second-order valence-electron chi connectivity index (χ2n) is 5.81. The quantitative estimate of drug-likeness (QED) is 0.918. The Balaban J connectivity index is 1.55. The van der Waals surface area contributed by atoms with Gasteiger partial charge in [0, 0.05) is 19.1 Å². The first-order chi connectivity index (χ1) is 10.2. The van der Waals surface area contributed by atoms with Crippen LogP contribution in [0.4, 0.5) is 6.01 Å². The average Bonchev–Trinajstić information content (AvgIpc) is 3.04. The summed E-state index contributed by atoms with van der Waals surface area (Å²) >= 11 is 0. The van der Waals surface area contributed by atoms with E-state index in [1.54, 1.807) is 12.1 Å². The summed E-state index contributed by atoms with van der Waals surface area (Å²) < 4.78 is 5.76. The van der Waals surface area contributed by atoms with Crippen molar-refractivity contribution in [2.45, 2.75) is 18.9 Å². The van der Waals surface area contributed by atoms with Gasteiger partial charge in [-0.2, -0.15) is 4.98 Å². The Morgan fingerprint density at radius 1 is 1.29 bits per heavy atom. The molecule has 110 valence electrons. The van der Waals surface area contributed by atoms with Crippen molar-refractivity contribution in [1.29, 1.82) is 0 Å². The molecule has 0 saturated carbocycles. The number of para-hydroxylation sites is 1. The number of hydrogen-bond donors (Lipinski definition) is 1. The number of likely N-dealkylation sites (tertiary alicyclic amines) is 1. The molecule has 2 fully saturated rings. The van der Waals surface area contributed by atoms with E-state index in [9.17, 15) is 4.79 Å². The maximum absolute atomic E-state index is 11.4. The highest BCUT2D eigenvalue weighted by molar-refractivity contribution is 6.03. The minimum absolute atomic E-state index is 0.416. The van der Waals surface area contributed by atoms with Crippen molar-refractivity contribution < 1.29 is 9.21 Å². The molecule has 2 saturated heterocycles. The molecule has 4 rings (SSSR count). The fraction of sp³-hybridized carbons (Fsp3) is 0.467. The van der Waals surface area contributed by atoms with E-state index in [0.717, 1.165) is 13.1 Å². The SMILES string of the molecule is NC(=O)c1cccc2oc(N3CC(N4CCCC4)C3)nc12. The third kappa shape index (κ3) is 2.06. The predicted octanol–water partition coefficient (Wildman–Crippen LogP) is 1.21. The summed E-state index contributed by atoms with van der Waals surface area (Å²) in [4.78, 5) is 20.5. The number of primary amides is 1. The number of oxazole rings is 1. The van der Waals surface area contributed by atoms with Crippen molar-refractivity contribution in [1.82, 2.24) is 9.88 Å². The van der Waals surface area contributed by atoms with Crippen LogP contribution in [0, 0.1) is 0 Å². The second kappa shape index (κ2) is 4.73. The van der Waals surface area contributed by atoms with Crippen molar-refractivity contribution >= 4 is 23.0 Å². The summed E-state index contributed by atoms with van der Waals surface area (Å²) in [7, 11) is 0. The molecule has 6 nitrogen and oxygen atoms in total. The van der Waals surface area contributed by atoms with Crippen LogP contribution in [0.3, 0.4) is 0 Å². The summed E-state index contributed by atoms with van der Waals surface area (Å²) in [5, 5.41) is 0. The Labute approximate surface area is 122 Å². The van der Waals surface area contributed by atoms with Gasteiger partial charge < -0.3 is 15.1 Å². The van der Waals surface area contributed by atoms with Gasteiger partial charge in [0.2, 0.25) is 0 Å². The van der Waals surface area contributed by atoms with E-state index in [4.69, 9.17) is 10.2 Å². The lowest BCUT2D eigenvalue weighted by Gasteiger charge is -2.43. The van der Waals surface area contributed by atoms with E-state index in [-0.39, 0.29) is 0 Å². The summed E-state index contributed by atoms with van der Waals surface area (Å²) in [5.41, 5.74) is 6.97. The lowest BCUT2D eigenvalue weighted by atomic mass is 10.1. The number of hydrogen-bond acceptors (Lipinski definition) is 5. The number of benzene rings is 1. The standard InChI is InChI=1S/C15H18N4O2/c16-14(20)11-4-3-5-12-13(11)17-15(21-12)19-8-10(9-19)18-6-1-2-7-18/h3-5,10H,1-2,6-9H2,(H2,16,20). The van der Waals surface area contributed by atoms with Gasteiger partial charge in [-0.15, -0.1) is 0 Å². The highest BCUT2D eigenvalue weighted by Crippen LogP contribution is 2.29. The molecule has 0 unspecified atom stereocenters. The van der Waals surface area contributed by atoms with Crippen molar-refractivity contribution in [2.75, 3.05) is 31.1 Å². The van der Waals surface area contributed by atoms with Crippen LogP contribution in [0.25, 0.3) is 11.1 Å². The lowest BCUT2D eigenvalue weighted by molar-refractivity contribution is 0.100. The Kier molecular flexibility index (Phi) is 2.85. The fourth-order valence-electron chi connectivity index (χ4n) is 3.22. The molecule has 0 radical (unpaired) electrons. The van der Waals surface area contributed by atoms with E-state index in [0.29, 0.717) is 28.7 Å². The molecule has 3 heterocycles. The number of amides is 1. The van der Waals surface area contributed by atoms with Crippen molar-refractivity contribution in [3.63, 3.8) is 0 Å². The van der Waals surface area contributed by atoms with Crippen LogP contribution in [0.5, 0.6) is 0 Å². The van der Waals surface area contributed by atoms with Crippen molar-refractivity contribution in [2.24, 2.45) is 5.73 Å². The van der Waals surface area contributed by atoms with Crippen molar-refractivity contribution in [3.05, 3.63) is 23.8 Å². The molecular weight excluding hydrogens is 268 g/mol. The maximum atomic E-state index is 11.4. The molecule has 0 spiro atoms. The summed E-state index contributed by atoms with van der Waals surface area (Å²) in [5.74, 6) is -0.473. The molecule has 2 aromatic rings. The van der Waals surface area contributed by atoms with E-state index >= 15 is 0 Å². The minimum Gasteiger partial charge on any atom is -0.423 e. The van der Waals surface area contributed by atoms with E-state index in [1.807, 2.05) is 6.07 Å². The number of nitrogens with two attached hydrogens (primary N) is 1. The molecule has 2 N–H and O–H groups in total. The van der Waals surface area contributed by atoms with Gasteiger partial charge in [0.15, 0.2) is 5.58 Å². The number of nitrogens with zero attached hydrogens (tertiary/aromatic N) is 3. The fourth-order valence-corrected chi connectivity index (χ4v) is 3.22. The molecule has 21 heavy (non-hydrogen) atoms. The number of carbonyl (C=O) groups is 1. The molecule has 0 aliphatic carbocycles. The monoisotopic (exact) mass is 286 g/mol. The number of carbonyl (C=O) groups excluding carboxylic acids is 1. The predicted molar refractivity (Wildman–Crippen MR) is 79.3 cm³/mol. The van der Waals surface area contributed by atoms with Gasteiger partial charge in [0.05, 0.1) is 5.56 Å². The number of aromatic nitrogens is 1. The maximum Gasteiger partial charge on any atom is 0.298 e. The van der Waals surface area contributed by atoms with Crippen LogP contribution >= 0.6 is 0 Å². The Hall–Kier alpha value is -2.08. The molecule has 0 atom stereocenters. The number of rotatable bonds is 3. The first-order valence-electron chi connectivity index (χ1n) is 7.41. The van der Waals surface area contributed by atoms with Gasteiger partial charge in [0.25, 0.3) is 11.9 Å². The minimum atomic E-state index is -0.473. The topological polar surface area (TPSA) is 75.6 Å². The molecule has 6 heteroatoms. The lowest BCUT2D eigenvalue weighted by Crippen LogP contribution is -2.59. The Morgan fingerprint density at radius 2 is 2.05 bits per heavy atom. The zero-order valence-electron chi connectivity index (χ0n) is 11.8. The number of anilines is 1. The van der Waals surface area contributed by atoms with Crippen LogP contribution in [0.15, 0.2) is 22.6 Å². The number of fused-ring (bicyclic) bond motifs is 1. The van der Waals surface area contributed by atoms with Crippen LogP contribution in [-0.2, 0) is 0 Å². The van der Waals surface area contributed by atoms with Crippen LogP contribution in [0.2, 0.25) is 0 Å². The van der Waals surface area contributed by atoms with Crippen LogP contribution < -0.4 is 10.6 Å². The smallest absolute Gasteiger partial charge is 0.298 e. The third-order valence-electron chi connectivity index (χ3n) is 4.46. The summed E-state index contributed by atoms with van der Waals surface area (Å²) in [6, 6.07) is 6.46. The first kappa shape index (κ1) is 12.6. The first-order valence-corrected chi connectivity index (χ1v) is 7.41. The van der Waals surface area contributed by atoms with Gasteiger partial charge in [-0.3, -0.25) is 9.69 Å². The van der Waals surface area contributed by atoms with Gasteiger partial charge in [-0.25, -0.2) is 0 Å². The van der Waals surface area contributed by atoms with Crippen LogP contribution in [0.1, 0.15) is 23.2 Å². The average molecular weight is 286 g/mol. The zero-order valence-corrected chi connectivity index (χ0v) is 11.8. The molecule has 2 aliphatic rings. The third-order valence-corrected chi connectivity index (χ3v) is 4.46. The highest BCUT2D eigenvalue weighted by atomic mass is 16.4. The molecule has 1 aromatic carbocycles. The Bertz CT molecular complexity index is 684. The molecule has 1 amide bonds. The van der Waals surface area contributed by atoms with E-state index in [2.05, 4.69) is 14.8 Å². The van der Waals surface area contributed by atoms with Crippen molar-refractivity contribution in [3.8, 4) is 0 Å². The second-order valence-corrected chi connectivity index (χ2v) is 5.81. The van der Waals surface area contributed by atoms with Gasteiger partial charge >= 0.3 is 0 Å². The van der Waals surface area contributed by atoms with Crippen LogP contribution in [-0.4, -0.2) is 48.0 Å². The molecule has 0 bridgehead atoms. The van der Waals surface area contributed by atoms with Gasteiger partial charge in [0.1, 0.15) is 5.52 Å². The highest BCUT2D eigenvalue weighted by Gasteiger charge is 2.35. The Morgan fingerprint density at radius 3 is 2.76 bits per heavy atom. The normalized spacial score (nSPS) is 20.1. The molecule has 2 aliphatic heterocycles. The molecule has 1 aromatic heterocycles. The summed E-state index contributed by atoms with van der Waals surface area (Å²) in [6.07, 6.45) is 2.61. The van der Waals surface area contributed by atoms with E-state index < -0.39 is 5.91 Å². The molecular formula is C15H18N4O2. The van der Waals surface area contributed by atoms with E-state index in [1.165, 1.54) is 25.9 Å². The van der Waals surface area contributed by atoms with Gasteiger partial charge in [-0.05, 0) is 38.1 Å². The summed E-state index contributed by atoms with van der Waals surface area (Å²) in [6.45, 7) is 4.30. The largest absolute Gasteiger partial charge is 0.423 e. The zero-order chi connectivity index (χ0) is 14.4. The van der Waals surface area contributed by atoms with Gasteiger partial charge in [-0.1, -0.05) is 6.07 Å².